The Labute approximate surface area is 118 Å². The molecule has 0 saturated heterocycles. The predicted octanol–water partition coefficient (Wildman–Crippen LogP) is 2.40. The fourth-order valence-electron chi connectivity index (χ4n) is 1.28. The minimum absolute atomic E-state index is 0.142. The molecule has 0 aliphatic rings. The molecule has 0 radical (unpaired) electrons. The van der Waals surface area contributed by atoms with E-state index >= 15 is 0 Å². The van der Waals surface area contributed by atoms with Crippen molar-refractivity contribution in [1.29, 1.82) is 5.41 Å². The monoisotopic (exact) mass is 276 g/mol. The van der Waals surface area contributed by atoms with Crippen molar-refractivity contribution in [2.24, 2.45) is 5.73 Å². The van der Waals surface area contributed by atoms with Gasteiger partial charge >= 0.3 is 6.09 Å². The summed E-state index contributed by atoms with van der Waals surface area (Å²) in [5.41, 5.74) is 5.76. The molecule has 0 aliphatic heterocycles. The molecule has 0 saturated carbocycles. The van der Waals surface area contributed by atoms with Crippen LogP contribution in [0, 0.1) is 5.41 Å². The summed E-state index contributed by atoms with van der Waals surface area (Å²) in [6.07, 6.45) is 0.788. The summed E-state index contributed by atoms with van der Waals surface area (Å²) in [4.78, 5) is 11.6. The number of nitrogens with two attached hydrogens (primary N) is 1. The summed E-state index contributed by atoms with van der Waals surface area (Å²) < 4.78 is 5.10. The van der Waals surface area contributed by atoms with Crippen molar-refractivity contribution >= 4 is 17.6 Å². The smallest absolute Gasteiger partial charge is 0.412 e. The highest BCUT2D eigenvalue weighted by Crippen LogP contribution is 2.08. The summed E-state index contributed by atoms with van der Waals surface area (Å²) in [5.74, 6) is -0.265. The number of nitrogens with one attached hydrogen (secondary N) is 3. The molecule has 1 aromatic carbocycles. The fourth-order valence-corrected chi connectivity index (χ4v) is 1.28. The molecule has 0 aliphatic carbocycles. The Balaban J connectivity index is 2.70. The molecule has 0 heterocycles. The summed E-state index contributed by atoms with van der Waals surface area (Å²) in [5, 5.41) is 12.8. The largest absolute Gasteiger partial charge is 0.444 e. The molecule has 1 amide bonds. The molecule has 6 nitrogen and oxygen atoms in total. The molecule has 0 fully saturated rings. The zero-order chi connectivity index (χ0) is 15.2. The van der Waals surface area contributed by atoms with Gasteiger partial charge in [-0.1, -0.05) is 18.2 Å². The van der Waals surface area contributed by atoms with E-state index in [0.29, 0.717) is 0 Å². The summed E-state index contributed by atoms with van der Waals surface area (Å²) in [6, 6.07) is 9.32. The molecule has 5 N–H and O–H groups in total. The zero-order valence-corrected chi connectivity index (χ0v) is 11.9. The van der Waals surface area contributed by atoms with E-state index in [4.69, 9.17) is 15.9 Å². The molecule has 1 rings (SSSR count). The van der Waals surface area contributed by atoms with E-state index in [-0.39, 0.29) is 11.5 Å². The molecular formula is C14H20N4O2. The van der Waals surface area contributed by atoms with E-state index in [9.17, 15) is 4.79 Å². The number of ether oxygens (including phenoxy) is 1. The normalized spacial score (nSPS) is 11.7. The van der Waals surface area contributed by atoms with Gasteiger partial charge in [0.15, 0.2) is 0 Å². The molecule has 6 heteroatoms. The van der Waals surface area contributed by atoms with Crippen LogP contribution in [0.25, 0.3) is 0 Å². The maximum atomic E-state index is 11.6. The van der Waals surface area contributed by atoms with Crippen LogP contribution in [-0.4, -0.2) is 17.5 Å². The minimum Gasteiger partial charge on any atom is -0.444 e. The second kappa shape index (κ2) is 6.60. The lowest BCUT2D eigenvalue weighted by Crippen LogP contribution is -2.36. The van der Waals surface area contributed by atoms with Gasteiger partial charge in [0.2, 0.25) is 0 Å². The lowest BCUT2D eigenvalue weighted by Gasteiger charge is -2.20. The van der Waals surface area contributed by atoms with Crippen molar-refractivity contribution in [3.63, 3.8) is 0 Å². The van der Waals surface area contributed by atoms with E-state index < -0.39 is 11.7 Å². The molecule has 108 valence electrons. The highest BCUT2D eigenvalue weighted by atomic mass is 16.6. The molecule has 0 atom stereocenters. The zero-order valence-electron chi connectivity index (χ0n) is 11.9. The number of alkyl carbamates (subject to hydrolysis) is 1. The first-order chi connectivity index (χ1) is 9.28. The second-order valence-corrected chi connectivity index (χ2v) is 5.11. The number of benzene rings is 1. The number of rotatable bonds is 4. The Morgan fingerprint density at radius 3 is 2.40 bits per heavy atom. The second-order valence-electron chi connectivity index (χ2n) is 5.11. The van der Waals surface area contributed by atoms with Gasteiger partial charge in [-0.15, -0.1) is 0 Å². The van der Waals surface area contributed by atoms with Crippen molar-refractivity contribution < 1.29 is 9.53 Å². The van der Waals surface area contributed by atoms with Gasteiger partial charge in [0, 0.05) is 11.9 Å². The van der Waals surface area contributed by atoms with Crippen LogP contribution in [0.15, 0.2) is 42.2 Å². The number of carbonyl (C=O) groups excluding carboxylic acids is 1. The number of hydrogen-bond donors (Lipinski definition) is 4. The van der Waals surface area contributed by atoms with Gasteiger partial charge in [0.1, 0.15) is 17.1 Å². The van der Waals surface area contributed by atoms with Crippen molar-refractivity contribution in [2.75, 3.05) is 5.32 Å². The molecule has 20 heavy (non-hydrogen) atoms. The average Bonchev–Trinajstić information content (AvgIpc) is 2.33. The number of carbonyl (C=O) groups is 1. The Kier molecular flexibility index (Phi) is 5.14. The molecule has 0 bridgehead atoms. The van der Waals surface area contributed by atoms with E-state index in [0.717, 1.165) is 5.69 Å². The highest BCUT2D eigenvalue weighted by Gasteiger charge is 2.17. The first kappa shape index (κ1) is 15.6. The Morgan fingerprint density at radius 2 is 1.90 bits per heavy atom. The first-order valence-corrected chi connectivity index (χ1v) is 6.14. The number of amides is 1. The van der Waals surface area contributed by atoms with Crippen LogP contribution >= 0.6 is 0 Å². The van der Waals surface area contributed by atoms with Gasteiger partial charge in [0.25, 0.3) is 0 Å². The molecule has 0 spiro atoms. The third-order valence-corrected chi connectivity index (χ3v) is 2.08. The Hall–Kier alpha value is -2.50. The highest BCUT2D eigenvalue weighted by molar-refractivity contribution is 5.97. The van der Waals surface area contributed by atoms with Gasteiger partial charge < -0.3 is 15.8 Å². The first-order valence-electron chi connectivity index (χ1n) is 6.14. The standard InChI is InChI=1S/C14H20N4O2/c1-14(2,3)20-13(19)18-11(12(15)16)9-17-10-7-5-4-6-8-10/h4-9,17H,1-3H3,(H3,15,16)(H,18,19)/b11-9+. The number of hydrogen-bond acceptors (Lipinski definition) is 4. The average molecular weight is 276 g/mol. The van der Waals surface area contributed by atoms with Crippen LogP contribution in [0.4, 0.5) is 10.5 Å². The van der Waals surface area contributed by atoms with Gasteiger partial charge in [-0.25, -0.2) is 4.79 Å². The summed E-state index contributed by atoms with van der Waals surface area (Å²) >= 11 is 0. The minimum atomic E-state index is -0.659. The number of amidine groups is 1. The maximum Gasteiger partial charge on any atom is 0.412 e. The van der Waals surface area contributed by atoms with E-state index in [1.807, 2.05) is 30.3 Å². The van der Waals surface area contributed by atoms with Crippen LogP contribution in [-0.2, 0) is 4.74 Å². The van der Waals surface area contributed by atoms with Gasteiger partial charge in [-0.05, 0) is 32.9 Å². The van der Waals surface area contributed by atoms with Crippen molar-refractivity contribution in [1.82, 2.24) is 5.32 Å². The van der Waals surface area contributed by atoms with Gasteiger partial charge in [-0.3, -0.25) is 10.7 Å². The van der Waals surface area contributed by atoms with E-state index in [1.54, 1.807) is 20.8 Å². The molecule has 0 aromatic heterocycles. The summed E-state index contributed by atoms with van der Waals surface area (Å²) in [7, 11) is 0. The van der Waals surface area contributed by atoms with E-state index in [2.05, 4.69) is 10.6 Å². The van der Waals surface area contributed by atoms with Crippen LogP contribution in [0.5, 0.6) is 0 Å². The topological polar surface area (TPSA) is 100 Å². The van der Waals surface area contributed by atoms with Crippen LogP contribution in [0.2, 0.25) is 0 Å². The fraction of sp³-hybridized carbons (Fsp3) is 0.286. The Morgan fingerprint density at radius 1 is 1.30 bits per heavy atom. The number of anilines is 1. The third-order valence-electron chi connectivity index (χ3n) is 2.08. The SMILES string of the molecule is CC(C)(C)OC(=O)N/C(=C/Nc1ccccc1)C(=N)N. The van der Waals surface area contributed by atoms with Gasteiger partial charge in [0.05, 0.1) is 0 Å². The van der Waals surface area contributed by atoms with Crippen LogP contribution in [0.1, 0.15) is 20.8 Å². The molecule has 0 unspecified atom stereocenters. The molecular weight excluding hydrogens is 256 g/mol. The predicted molar refractivity (Wildman–Crippen MR) is 79.4 cm³/mol. The third kappa shape index (κ3) is 5.90. The maximum absolute atomic E-state index is 11.6. The van der Waals surface area contributed by atoms with Crippen molar-refractivity contribution in [3.05, 3.63) is 42.2 Å². The quantitative estimate of drug-likeness (QED) is 0.501. The van der Waals surface area contributed by atoms with Gasteiger partial charge in [-0.2, -0.15) is 0 Å². The lowest BCUT2D eigenvalue weighted by molar-refractivity contribution is 0.0549. The van der Waals surface area contributed by atoms with Crippen LogP contribution in [0.3, 0.4) is 0 Å². The van der Waals surface area contributed by atoms with Crippen LogP contribution < -0.4 is 16.4 Å². The van der Waals surface area contributed by atoms with E-state index in [1.165, 1.54) is 6.20 Å². The molecule has 1 aromatic rings. The van der Waals surface area contributed by atoms with Crippen molar-refractivity contribution in [2.45, 2.75) is 26.4 Å². The summed E-state index contributed by atoms with van der Waals surface area (Å²) in [6.45, 7) is 5.27. The Bertz CT molecular complexity index is 504. The lowest BCUT2D eigenvalue weighted by atomic mass is 10.2. The van der Waals surface area contributed by atoms with Crippen molar-refractivity contribution in [3.8, 4) is 0 Å². The number of para-hydroxylation sites is 1.